The average molecular weight is 194 g/mol. The number of nitrogens with zero attached hydrogens (tertiary/aromatic N) is 3. The van der Waals surface area contributed by atoms with Crippen molar-refractivity contribution in [2.75, 3.05) is 5.73 Å². The third-order valence-corrected chi connectivity index (χ3v) is 2.85. The highest BCUT2D eigenvalue weighted by Crippen LogP contribution is 2.27. The SMILES string of the molecule is Cc1nnc(-c2ccc(N)s2)n1C. The molecule has 2 heterocycles. The standard InChI is InChI=1S/C8H10N4S/c1-5-10-11-8(12(5)2)6-3-4-7(9)13-6/h3-4H,9H2,1-2H3. The Kier molecular flexibility index (Phi) is 1.81. The molecule has 2 aromatic heterocycles. The van der Waals surface area contributed by atoms with Crippen molar-refractivity contribution < 1.29 is 0 Å². The van der Waals surface area contributed by atoms with E-state index in [1.165, 1.54) is 11.3 Å². The van der Waals surface area contributed by atoms with Crippen LogP contribution in [0.15, 0.2) is 12.1 Å². The molecule has 0 saturated carbocycles. The van der Waals surface area contributed by atoms with E-state index in [9.17, 15) is 0 Å². The lowest BCUT2D eigenvalue weighted by molar-refractivity contribution is 0.866. The Hall–Kier alpha value is -1.36. The molecular weight excluding hydrogens is 184 g/mol. The molecule has 2 N–H and O–H groups in total. The number of nitrogens with two attached hydrogens (primary N) is 1. The van der Waals surface area contributed by atoms with Crippen LogP contribution in [0.3, 0.4) is 0 Å². The van der Waals surface area contributed by atoms with Gasteiger partial charge in [-0.25, -0.2) is 0 Å². The van der Waals surface area contributed by atoms with Gasteiger partial charge in [-0.3, -0.25) is 0 Å². The number of hydrogen-bond acceptors (Lipinski definition) is 4. The quantitative estimate of drug-likeness (QED) is 0.747. The number of thiophene rings is 1. The third-order valence-electron chi connectivity index (χ3n) is 1.94. The summed E-state index contributed by atoms with van der Waals surface area (Å²) in [6.07, 6.45) is 0. The molecule has 0 bridgehead atoms. The predicted molar refractivity (Wildman–Crippen MR) is 53.5 cm³/mol. The molecule has 0 radical (unpaired) electrons. The molecule has 5 heteroatoms. The Morgan fingerprint density at radius 3 is 2.62 bits per heavy atom. The number of aryl methyl sites for hydroxylation is 1. The second-order valence-electron chi connectivity index (χ2n) is 2.83. The molecule has 0 aliphatic heterocycles. The minimum absolute atomic E-state index is 0.802. The average Bonchev–Trinajstić information content (AvgIpc) is 2.62. The van der Waals surface area contributed by atoms with Crippen molar-refractivity contribution in [1.82, 2.24) is 14.8 Å². The van der Waals surface area contributed by atoms with E-state index in [0.717, 1.165) is 21.5 Å². The van der Waals surface area contributed by atoms with Crippen molar-refractivity contribution >= 4 is 16.3 Å². The molecule has 2 rings (SSSR count). The number of hydrogen-bond donors (Lipinski definition) is 1. The van der Waals surface area contributed by atoms with Crippen LogP contribution in [0.5, 0.6) is 0 Å². The van der Waals surface area contributed by atoms with Gasteiger partial charge in [-0.15, -0.1) is 21.5 Å². The highest BCUT2D eigenvalue weighted by molar-refractivity contribution is 7.19. The van der Waals surface area contributed by atoms with E-state index in [0.29, 0.717) is 0 Å². The lowest BCUT2D eigenvalue weighted by atomic mass is 10.4. The molecule has 0 fully saturated rings. The maximum Gasteiger partial charge on any atom is 0.173 e. The molecule has 0 aliphatic rings. The summed E-state index contributed by atoms with van der Waals surface area (Å²) in [5, 5.41) is 8.85. The van der Waals surface area contributed by atoms with E-state index in [2.05, 4.69) is 10.2 Å². The van der Waals surface area contributed by atoms with E-state index in [1.54, 1.807) is 0 Å². The minimum Gasteiger partial charge on any atom is -0.391 e. The summed E-state index contributed by atoms with van der Waals surface area (Å²) in [4.78, 5) is 1.06. The molecule has 0 spiro atoms. The maximum atomic E-state index is 5.63. The van der Waals surface area contributed by atoms with Crippen LogP contribution in [-0.4, -0.2) is 14.8 Å². The van der Waals surface area contributed by atoms with Crippen molar-refractivity contribution in [3.05, 3.63) is 18.0 Å². The van der Waals surface area contributed by atoms with Crippen molar-refractivity contribution in [3.8, 4) is 10.7 Å². The van der Waals surface area contributed by atoms with Gasteiger partial charge in [-0.2, -0.15) is 0 Å². The Balaban J connectivity index is 2.52. The van der Waals surface area contributed by atoms with Crippen molar-refractivity contribution in [1.29, 1.82) is 0 Å². The number of anilines is 1. The Morgan fingerprint density at radius 1 is 1.38 bits per heavy atom. The lowest BCUT2D eigenvalue weighted by Gasteiger charge is -1.96. The van der Waals surface area contributed by atoms with Crippen LogP contribution in [0.2, 0.25) is 0 Å². The highest BCUT2D eigenvalue weighted by atomic mass is 32.1. The molecule has 2 aromatic rings. The van der Waals surface area contributed by atoms with Gasteiger partial charge in [0.2, 0.25) is 0 Å². The van der Waals surface area contributed by atoms with Gasteiger partial charge in [0.05, 0.1) is 9.88 Å². The third kappa shape index (κ3) is 1.31. The topological polar surface area (TPSA) is 56.7 Å². The van der Waals surface area contributed by atoms with Crippen LogP contribution in [0.1, 0.15) is 5.82 Å². The molecule has 0 amide bonds. The molecule has 0 unspecified atom stereocenters. The summed E-state index contributed by atoms with van der Waals surface area (Å²) in [5.74, 6) is 1.78. The fourth-order valence-corrected chi connectivity index (χ4v) is 1.89. The van der Waals surface area contributed by atoms with E-state index in [4.69, 9.17) is 5.73 Å². The normalized spacial score (nSPS) is 10.6. The van der Waals surface area contributed by atoms with Crippen LogP contribution >= 0.6 is 11.3 Å². The second-order valence-corrected chi connectivity index (χ2v) is 3.95. The lowest BCUT2D eigenvalue weighted by Crippen LogP contribution is -1.93. The van der Waals surface area contributed by atoms with E-state index in [-0.39, 0.29) is 0 Å². The molecule has 0 aliphatic carbocycles. The molecule has 4 nitrogen and oxygen atoms in total. The summed E-state index contributed by atoms with van der Waals surface area (Å²) < 4.78 is 1.95. The van der Waals surface area contributed by atoms with Crippen molar-refractivity contribution in [2.45, 2.75) is 6.92 Å². The van der Waals surface area contributed by atoms with E-state index in [1.807, 2.05) is 30.7 Å². The molecule has 68 valence electrons. The summed E-state index contributed by atoms with van der Waals surface area (Å²) in [6, 6.07) is 3.84. The largest absolute Gasteiger partial charge is 0.391 e. The Morgan fingerprint density at radius 2 is 2.15 bits per heavy atom. The van der Waals surface area contributed by atoms with Gasteiger partial charge in [0.1, 0.15) is 5.82 Å². The molecular formula is C8H10N4S. The van der Waals surface area contributed by atoms with Gasteiger partial charge in [-0.05, 0) is 19.1 Å². The Bertz CT molecular complexity index is 429. The van der Waals surface area contributed by atoms with Crippen LogP contribution in [-0.2, 0) is 7.05 Å². The van der Waals surface area contributed by atoms with E-state index < -0.39 is 0 Å². The second kappa shape index (κ2) is 2.85. The van der Waals surface area contributed by atoms with Crippen molar-refractivity contribution in [2.24, 2.45) is 7.05 Å². The highest BCUT2D eigenvalue weighted by Gasteiger charge is 2.08. The monoisotopic (exact) mass is 194 g/mol. The maximum absolute atomic E-state index is 5.63. The summed E-state index contributed by atoms with van der Waals surface area (Å²) in [7, 11) is 1.95. The van der Waals surface area contributed by atoms with E-state index >= 15 is 0 Å². The van der Waals surface area contributed by atoms with Crippen molar-refractivity contribution in [3.63, 3.8) is 0 Å². The Labute approximate surface area is 80.0 Å². The first kappa shape index (κ1) is 8.25. The van der Waals surface area contributed by atoms with Gasteiger partial charge in [0.25, 0.3) is 0 Å². The first-order chi connectivity index (χ1) is 6.18. The fourth-order valence-electron chi connectivity index (χ4n) is 1.09. The fraction of sp³-hybridized carbons (Fsp3) is 0.250. The first-order valence-corrected chi connectivity index (χ1v) is 4.72. The first-order valence-electron chi connectivity index (χ1n) is 3.90. The zero-order valence-corrected chi connectivity index (χ0v) is 8.30. The zero-order chi connectivity index (χ0) is 9.42. The number of nitrogen functional groups attached to an aromatic ring is 1. The van der Waals surface area contributed by atoms with Crippen LogP contribution < -0.4 is 5.73 Å². The number of aromatic nitrogens is 3. The van der Waals surface area contributed by atoms with Gasteiger partial charge in [0.15, 0.2) is 5.82 Å². The summed E-state index contributed by atoms with van der Waals surface area (Å²) in [5.41, 5.74) is 5.63. The van der Waals surface area contributed by atoms with Gasteiger partial charge >= 0.3 is 0 Å². The predicted octanol–water partition coefficient (Wildman–Crippen LogP) is 1.43. The summed E-state index contributed by atoms with van der Waals surface area (Å²) in [6.45, 7) is 1.92. The van der Waals surface area contributed by atoms with Crippen LogP contribution in [0, 0.1) is 6.92 Å². The van der Waals surface area contributed by atoms with Gasteiger partial charge in [-0.1, -0.05) is 0 Å². The zero-order valence-electron chi connectivity index (χ0n) is 7.48. The molecule has 0 saturated heterocycles. The van der Waals surface area contributed by atoms with Gasteiger partial charge < -0.3 is 10.3 Å². The van der Waals surface area contributed by atoms with Gasteiger partial charge in [0, 0.05) is 7.05 Å². The number of rotatable bonds is 1. The summed E-state index contributed by atoms with van der Waals surface area (Å²) >= 11 is 1.52. The smallest absolute Gasteiger partial charge is 0.173 e. The van der Waals surface area contributed by atoms with Crippen LogP contribution in [0.4, 0.5) is 5.00 Å². The minimum atomic E-state index is 0.802. The molecule has 0 aromatic carbocycles. The molecule has 13 heavy (non-hydrogen) atoms. The molecule has 0 atom stereocenters. The van der Waals surface area contributed by atoms with Crippen LogP contribution in [0.25, 0.3) is 10.7 Å².